The van der Waals surface area contributed by atoms with Crippen LogP contribution >= 0.6 is 27.5 Å². The zero-order valence-corrected chi connectivity index (χ0v) is 70.2. The summed E-state index contributed by atoms with van der Waals surface area (Å²) < 4.78 is 94.6. The number of aryl methyl sites for hydroxylation is 1. The Hall–Kier alpha value is -9.35. The number of alkyl halides is 6. The molecule has 0 aliphatic carbocycles. The normalized spacial score (nSPS) is 15.6. The van der Waals surface area contributed by atoms with Gasteiger partial charge < -0.3 is 77.7 Å². The Kier molecular flexibility index (Phi) is 40.5. The number of halogens is 8. The van der Waals surface area contributed by atoms with E-state index in [-0.39, 0.29) is 33.1 Å². The lowest BCUT2D eigenvalue weighted by Crippen LogP contribution is -2.47. The predicted molar refractivity (Wildman–Crippen MR) is 464 cm³/mol. The van der Waals surface area contributed by atoms with Crippen LogP contribution < -0.4 is 43.6 Å². The molecule has 6 fully saturated rings. The number of hydrogen-bond donors (Lipinski definition) is 6. The maximum Gasteiger partial charge on any atom is 0.138 e. The second-order valence-electron chi connectivity index (χ2n) is 28.4. The SMILES string of the molecule is CC(=N)N1CCN(c2ccc(CCCF)cc2)CC1.CC(=N)N1CCN(c2ccc(COCCF)cc2)CC1.CC(=N)N1CCN(c2ccc(OCCF)c(Br)c2)CC1.CC(=N)N1CCN(c2ccc(OCCF)c(Cl)c2)CC1.CC(=N)N1CCN(c2ccc(OCCF)cc2)CC1.CC(=N)N1CCN(c2cccc(CF)c2)CC1. The molecule has 6 aromatic carbocycles. The Labute approximate surface area is 690 Å². The molecular weight excluding hydrogens is 1570 g/mol. The average molecular weight is 1690 g/mol. The van der Waals surface area contributed by atoms with Crippen LogP contribution in [0.3, 0.4) is 0 Å². The lowest BCUT2D eigenvalue weighted by Gasteiger charge is -2.36. The molecule has 630 valence electrons. The molecule has 12 rings (SSSR count). The fraction of sp³-hybridized carbons (Fsp3) is 0.506. The highest BCUT2D eigenvalue weighted by Crippen LogP contribution is 2.33. The van der Waals surface area contributed by atoms with Gasteiger partial charge in [-0.2, -0.15) is 0 Å². The molecule has 6 N–H and O–H groups in total. The summed E-state index contributed by atoms with van der Waals surface area (Å²) in [5.41, 5.74) is 9.81. The van der Waals surface area contributed by atoms with Crippen LogP contribution in [-0.2, 0) is 24.4 Å². The van der Waals surface area contributed by atoms with Gasteiger partial charge in [0.15, 0.2) is 0 Å². The van der Waals surface area contributed by atoms with Crippen molar-refractivity contribution in [1.29, 1.82) is 32.5 Å². The van der Waals surface area contributed by atoms with Crippen LogP contribution in [0.4, 0.5) is 60.5 Å². The highest BCUT2D eigenvalue weighted by atomic mass is 79.9. The average Bonchev–Trinajstić information content (AvgIpc) is 0.881. The molecule has 6 saturated heterocycles. The van der Waals surface area contributed by atoms with Gasteiger partial charge in [0.05, 0.1) is 64.4 Å². The van der Waals surface area contributed by atoms with Gasteiger partial charge in [-0.1, -0.05) is 48.0 Å². The number of nitrogens with one attached hydrogen (secondary N) is 6. The van der Waals surface area contributed by atoms with E-state index >= 15 is 0 Å². The number of ether oxygens (including phenoxy) is 4. The molecule has 0 atom stereocenters. The Morgan fingerprint density at radius 3 is 0.983 bits per heavy atom. The summed E-state index contributed by atoms with van der Waals surface area (Å²) in [5.74, 6) is 5.68. The lowest BCUT2D eigenvalue weighted by atomic mass is 10.1. The number of anilines is 6. The molecular formula is C85H120BrClF6N18O4. The van der Waals surface area contributed by atoms with Crippen molar-refractivity contribution in [2.24, 2.45) is 0 Å². The zero-order chi connectivity index (χ0) is 83.0. The second-order valence-corrected chi connectivity index (χ2v) is 29.6. The van der Waals surface area contributed by atoms with Crippen molar-refractivity contribution in [2.75, 3.05) is 246 Å². The molecule has 6 aromatic rings. The number of piperazine rings is 6. The van der Waals surface area contributed by atoms with Crippen molar-refractivity contribution in [3.05, 3.63) is 160 Å². The lowest BCUT2D eigenvalue weighted by molar-refractivity contribution is 0.106. The number of nitrogens with zero attached hydrogens (tertiary/aromatic N) is 12. The van der Waals surface area contributed by atoms with Crippen molar-refractivity contribution < 1.29 is 45.3 Å². The van der Waals surface area contributed by atoms with Crippen LogP contribution in [0.15, 0.2) is 138 Å². The van der Waals surface area contributed by atoms with Crippen molar-refractivity contribution in [1.82, 2.24) is 29.4 Å². The first-order valence-corrected chi connectivity index (χ1v) is 40.8. The molecule has 0 spiro atoms. The van der Waals surface area contributed by atoms with Gasteiger partial charge >= 0.3 is 0 Å². The molecule has 0 bridgehead atoms. The molecule has 0 unspecified atom stereocenters. The summed E-state index contributed by atoms with van der Waals surface area (Å²) in [6.07, 6.45) is 1.42. The zero-order valence-electron chi connectivity index (χ0n) is 67.9. The number of benzene rings is 6. The molecule has 0 radical (unpaired) electrons. The van der Waals surface area contributed by atoms with Gasteiger partial charge in [-0.3, -0.25) is 36.8 Å². The minimum atomic E-state index is -0.525. The van der Waals surface area contributed by atoms with Gasteiger partial charge in [-0.15, -0.1) is 0 Å². The van der Waals surface area contributed by atoms with E-state index in [0.717, 1.165) is 202 Å². The van der Waals surface area contributed by atoms with E-state index in [9.17, 15) is 26.3 Å². The number of rotatable bonds is 23. The third-order valence-corrected chi connectivity index (χ3v) is 21.3. The molecule has 30 heteroatoms. The highest BCUT2D eigenvalue weighted by molar-refractivity contribution is 9.10. The first kappa shape index (κ1) is 92.8. The second kappa shape index (κ2) is 50.2. The Bertz CT molecular complexity index is 3720. The first-order chi connectivity index (χ1) is 55.5. The van der Waals surface area contributed by atoms with Crippen LogP contribution in [0.2, 0.25) is 5.02 Å². The summed E-state index contributed by atoms with van der Waals surface area (Å²) >= 11 is 9.61. The third-order valence-electron chi connectivity index (χ3n) is 20.4. The van der Waals surface area contributed by atoms with Crippen molar-refractivity contribution in [3.8, 4) is 17.2 Å². The summed E-state index contributed by atoms with van der Waals surface area (Å²) in [6, 6.07) is 43.5. The van der Waals surface area contributed by atoms with E-state index < -0.39 is 33.4 Å². The van der Waals surface area contributed by atoms with Crippen LogP contribution in [0.25, 0.3) is 0 Å². The third kappa shape index (κ3) is 31.3. The van der Waals surface area contributed by atoms with Gasteiger partial charge in [0.1, 0.15) is 70.4 Å². The van der Waals surface area contributed by atoms with Gasteiger partial charge in [-0.05, 0) is 184 Å². The first-order valence-electron chi connectivity index (χ1n) is 39.6. The van der Waals surface area contributed by atoms with Crippen molar-refractivity contribution >= 4 is 96.7 Å². The van der Waals surface area contributed by atoms with Gasteiger partial charge in [0.2, 0.25) is 0 Å². The summed E-state index contributed by atoms with van der Waals surface area (Å²) in [5, 5.41) is 46.2. The highest BCUT2D eigenvalue weighted by Gasteiger charge is 2.24. The number of hydrogen-bond acceptors (Lipinski definition) is 16. The molecule has 0 aromatic heterocycles. The van der Waals surface area contributed by atoms with E-state index in [0.29, 0.717) is 70.3 Å². The van der Waals surface area contributed by atoms with Crippen LogP contribution in [0.5, 0.6) is 17.2 Å². The number of amidine groups is 6. The smallest absolute Gasteiger partial charge is 0.138 e. The Morgan fingerprint density at radius 1 is 0.330 bits per heavy atom. The Morgan fingerprint density at radius 2 is 0.643 bits per heavy atom. The topological polar surface area (TPSA) is 219 Å². The minimum Gasteiger partial charge on any atom is -0.491 e. The molecule has 0 amide bonds. The van der Waals surface area contributed by atoms with E-state index in [2.05, 4.69) is 111 Å². The largest absolute Gasteiger partial charge is 0.491 e. The van der Waals surface area contributed by atoms with E-state index in [1.165, 1.54) is 16.9 Å². The standard InChI is InChI=1S/C15H22FN3O.C15H22FN3.C14H19BrFN3O.C14H19ClFN3O.C14H20FN3O.C13H18FN3/c1-13(17)18-7-9-19(10-8-18)15-4-2-14(3-5-15)12-20-11-6-16;1-13(17)18-9-11-19(12-10-18)15-6-4-14(5-7-15)3-2-8-16;2*1-11(17)18-5-7-19(8-6-18)12-2-3-14(13(15)10-12)20-9-4-16;1-12(16)17-7-9-18(10-8-17)13-2-4-14(5-3-13)19-11-6-15;1-11(15)16-5-7-17(8-6-16)13-4-2-3-12(9-13)10-14/h2-5,17H,6-12H2,1H3;4-7,17H,2-3,8-12H2,1H3;2*2-3,10,17H,4-9H2,1H3;2-5,16H,6-11H2,1H3;2-4,9,15H,5-8,10H2,1H3. The molecule has 0 saturated carbocycles. The van der Waals surface area contributed by atoms with Crippen LogP contribution in [0, 0.1) is 32.5 Å². The summed E-state index contributed by atoms with van der Waals surface area (Å²) in [7, 11) is 0. The van der Waals surface area contributed by atoms with Crippen molar-refractivity contribution in [3.63, 3.8) is 0 Å². The monoisotopic (exact) mass is 1680 g/mol. The quantitative estimate of drug-likeness (QED) is 0.0152. The molecule has 6 heterocycles. The van der Waals surface area contributed by atoms with Crippen LogP contribution in [0.1, 0.15) is 64.7 Å². The van der Waals surface area contributed by atoms with Crippen molar-refractivity contribution in [2.45, 2.75) is 67.7 Å². The van der Waals surface area contributed by atoms with Gasteiger partial charge in [0, 0.05) is 191 Å². The maximum atomic E-state index is 12.6. The maximum absolute atomic E-state index is 12.6. The van der Waals surface area contributed by atoms with E-state index in [4.69, 9.17) is 63.0 Å². The van der Waals surface area contributed by atoms with E-state index in [1.54, 1.807) is 6.07 Å². The summed E-state index contributed by atoms with van der Waals surface area (Å²) in [6.45, 7) is 30.7. The van der Waals surface area contributed by atoms with E-state index in [1.807, 2.05) is 133 Å². The molecule has 6 aliphatic heterocycles. The minimum absolute atomic E-state index is 0.0242. The van der Waals surface area contributed by atoms with Crippen LogP contribution in [-0.4, -0.2) is 281 Å². The Balaban J connectivity index is 0.000000191. The fourth-order valence-electron chi connectivity index (χ4n) is 13.6. The fourth-order valence-corrected chi connectivity index (χ4v) is 14.4. The molecule has 22 nitrogen and oxygen atoms in total. The van der Waals surface area contributed by atoms with Gasteiger partial charge in [-0.25, -0.2) is 22.0 Å². The van der Waals surface area contributed by atoms with Gasteiger partial charge in [0.25, 0.3) is 0 Å². The molecule has 6 aliphatic rings. The summed E-state index contributed by atoms with van der Waals surface area (Å²) in [4.78, 5) is 26.2. The predicted octanol–water partition coefficient (Wildman–Crippen LogP) is 15.2. The molecule has 115 heavy (non-hydrogen) atoms.